The molecule has 1 N–H and O–H groups in total. The second-order valence-electron chi connectivity index (χ2n) is 3.24. The van der Waals surface area contributed by atoms with Crippen molar-refractivity contribution in [3.05, 3.63) is 23.3 Å². The van der Waals surface area contributed by atoms with Crippen LogP contribution in [-0.2, 0) is 9.53 Å². The lowest BCUT2D eigenvalue weighted by Crippen LogP contribution is -1.95. The first kappa shape index (κ1) is 12.9. The summed E-state index contributed by atoms with van der Waals surface area (Å²) in [6, 6.07) is 0. The Morgan fingerprint density at radius 3 is 2.50 bits per heavy atom. The third-order valence-corrected chi connectivity index (χ3v) is 1.93. The van der Waals surface area contributed by atoms with Crippen LogP contribution in [0.15, 0.2) is 23.3 Å². The number of carboxylic acids is 1. The molecular weight excluding hydrogens is 180 g/mol. The lowest BCUT2D eigenvalue weighted by atomic mass is 10.1. The van der Waals surface area contributed by atoms with Gasteiger partial charge in [0.25, 0.3) is 0 Å². The van der Waals surface area contributed by atoms with Crippen LogP contribution in [-0.4, -0.2) is 24.8 Å². The summed E-state index contributed by atoms with van der Waals surface area (Å²) in [5, 5.41) is 8.59. The van der Waals surface area contributed by atoms with Gasteiger partial charge in [0.2, 0.25) is 0 Å². The van der Waals surface area contributed by atoms with Crippen molar-refractivity contribution < 1.29 is 14.6 Å². The number of hydrogen-bond donors (Lipinski definition) is 1. The fourth-order valence-corrected chi connectivity index (χ4v) is 0.931. The number of methoxy groups -OCH3 is 1. The monoisotopic (exact) mass is 198 g/mol. The molecule has 0 saturated carbocycles. The minimum absolute atomic E-state index is 0.407. The van der Waals surface area contributed by atoms with Gasteiger partial charge < -0.3 is 9.84 Å². The van der Waals surface area contributed by atoms with E-state index in [1.807, 2.05) is 13.0 Å². The molecule has 0 amide bonds. The van der Waals surface area contributed by atoms with Crippen LogP contribution in [0.4, 0.5) is 0 Å². The van der Waals surface area contributed by atoms with E-state index in [2.05, 4.69) is 0 Å². The quantitative estimate of drug-likeness (QED) is 0.526. The molecule has 0 spiro atoms. The molecule has 0 aliphatic rings. The molecule has 0 bridgehead atoms. The molecule has 0 unspecified atom stereocenters. The van der Waals surface area contributed by atoms with Crippen LogP contribution in [0.1, 0.15) is 26.7 Å². The van der Waals surface area contributed by atoms with E-state index in [1.165, 1.54) is 5.57 Å². The van der Waals surface area contributed by atoms with Crippen LogP contribution in [0.2, 0.25) is 0 Å². The van der Waals surface area contributed by atoms with E-state index < -0.39 is 5.97 Å². The largest absolute Gasteiger partial charge is 0.478 e. The lowest BCUT2D eigenvalue weighted by molar-refractivity contribution is -0.132. The molecule has 0 aromatic heterocycles. The van der Waals surface area contributed by atoms with E-state index in [-0.39, 0.29) is 0 Å². The average Bonchev–Trinajstić information content (AvgIpc) is 2.14. The van der Waals surface area contributed by atoms with Crippen molar-refractivity contribution in [2.45, 2.75) is 26.7 Å². The third kappa shape index (κ3) is 6.43. The molecule has 0 saturated heterocycles. The van der Waals surface area contributed by atoms with Gasteiger partial charge in [-0.3, -0.25) is 0 Å². The zero-order chi connectivity index (χ0) is 11.0. The second kappa shape index (κ2) is 7.33. The maximum Gasteiger partial charge on any atom is 0.330 e. The summed E-state index contributed by atoms with van der Waals surface area (Å²) in [6.07, 6.45) is 5.40. The molecule has 0 aromatic carbocycles. The number of aliphatic carboxylic acids is 1. The van der Waals surface area contributed by atoms with Crippen LogP contribution in [0, 0.1) is 0 Å². The summed E-state index contributed by atoms with van der Waals surface area (Å²) in [5.41, 5.74) is 1.63. The number of rotatable bonds is 6. The average molecular weight is 198 g/mol. The van der Waals surface area contributed by atoms with Crippen molar-refractivity contribution in [3.8, 4) is 0 Å². The highest BCUT2D eigenvalue weighted by Gasteiger charge is 1.97. The van der Waals surface area contributed by atoms with E-state index in [4.69, 9.17) is 9.84 Å². The molecule has 0 atom stereocenters. The Morgan fingerprint density at radius 1 is 1.36 bits per heavy atom. The molecule has 0 aliphatic heterocycles. The summed E-state index contributed by atoms with van der Waals surface area (Å²) < 4.78 is 4.89. The topological polar surface area (TPSA) is 46.5 Å². The third-order valence-electron chi connectivity index (χ3n) is 1.93. The van der Waals surface area contributed by atoms with Gasteiger partial charge in [-0.1, -0.05) is 17.7 Å². The Labute approximate surface area is 85.1 Å². The predicted octanol–water partition coefficient (Wildman–Crippen LogP) is 2.39. The minimum Gasteiger partial charge on any atom is -0.478 e. The van der Waals surface area contributed by atoms with E-state index in [0.29, 0.717) is 12.2 Å². The van der Waals surface area contributed by atoms with Crippen LogP contribution < -0.4 is 0 Å². The van der Waals surface area contributed by atoms with Gasteiger partial charge in [-0.2, -0.15) is 0 Å². The van der Waals surface area contributed by atoms with Gasteiger partial charge in [-0.15, -0.1) is 0 Å². The molecule has 0 fully saturated rings. The molecule has 3 heteroatoms. The van der Waals surface area contributed by atoms with E-state index in [9.17, 15) is 4.79 Å². The smallest absolute Gasteiger partial charge is 0.330 e. The predicted molar refractivity (Wildman–Crippen MR) is 56.3 cm³/mol. The fourth-order valence-electron chi connectivity index (χ4n) is 0.931. The first-order chi connectivity index (χ1) is 6.57. The number of ether oxygens (including phenoxy) is 1. The van der Waals surface area contributed by atoms with E-state index in [1.54, 1.807) is 20.1 Å². The number of hydrogen-bond acceptors (Lipinski definition) is 2. The van der Waals surface area contributed by atoms with Crippen molar-refractivity contribution in [1.82, 2.24) is 0 Å². The Bertz CT molecular complexity index is 239. The van der Waals surface area contributed by atoms with Crippen LogP contribution >= 0.6 is 0 Å². The molecule has 0 radical (unpaired) electrons. The van der Waals surface area contributed by atoms with Gasteiger partial charge in [-0.05, 0) is 26.7 Å². The van der Waals surface area contributed by atoms with Gasteiger partial charge in [0.1, 0.15) is 0 Å². The highest BCUT2D eigenvalue weighted by Crippen LogP contribution is 2.06. The van der Waals surface area contributed by atoms with Gasteiger partial charge in [0, 0.05) is 12.7 Å². The van der Waals surface area contributed by atoms with Crippen molar-refractivity contribution in [2.24, 2.45) is 0 Å². The molecule has 80 valence electrons. The summed E-state index contributed by atoms with van der Waals surface area (Å²) >= 11 is 0. The molecule has 3 nitrogen and oxygen atoms in total. The summed E-state index contributed by atoms with van der Waals surface area (Å²) in [5.74, 6) is -0.844. The molecule has 0 rings (SSSR count). The lowest BCUT2D eigenvalue weighted by Gasteiger charge is -1.98. The van der Waals surface area contributed by atoms with Crippen LogP contribution in [0.3, 0.4) is 0 Å². The minimum atomic E-state index is -0.844. The molecule has 0 heterocycles. The number of allylic oxidation sites excluding steroid dienone is 2. The molecule has 0 aromatic rings. The van der Waals surface area contributed by atoms with Gasteiger partial charge in [-0.25, -0.2) is 4.79 Å². The Balaban J connectivity index is 3.84. The Hall–Kier alpha value is -1.09. The van der Waals surface area contributed by atoms with Crippen molar-refractivity contribution in [3.63, 3.8) is 0 Å². The zero-order valence-electron chi connectivity index (χ0n) is 9.04. The highest BCUT2D eigenvalue weighted by molar-refractivity contribution is 5.85. The standard InChI is InChI=1S/C11H18O3/c1-9(7-8-14-3)5-4-6-10(2)11(12)13/h6-7H,4-5,8H2,1-3H3,(H,12,13)/b9-7+,10-6+. The summed E-state index contributed by atoms with van der Waals surface area (Å²) in [6.45, 7) is 4.24. The van der Waals surface area contributed by atoms with Crippen molar-refractivity contribution >= 4 is 5.97 Å². The van der Waals surface area contributed by atoms with E-state index >= 15 is 0 Å². The van der Waals surface area contributed by atoms with Crippen molar-refractivity contribution in [1.29, 1.82) is 0 Å². The summed E-state index contributed by atoms with van der Waals surface area (Å²) in [4.78, 5) is 10.4. The highest BCUT2D eigenvalue weighted by atomic mass is 16.5. The fraction of sp³-hybridized carbons (Fsp3) is 0.545. The van der Waals surface area contributed by atoms with Gasteiger partial charge in [0.15, 0.2) is 0 Å². The van der Waals surface area contributed by atoms with E-state index in [0.717, 1.165) is 12.8 Å². The van der Waals surface area contributed by atoms with Gasteiger partial charge >= 0.3 is 5.97 Å². The second-order valence-corrected chi connectivity index (χ2v) is 3.24. The normalized spacial score (nSPS) is 13.1. The SMILES string of the molecule is COC/C=C(\C)CC/C=C(\C)C(=O)O. The number of carbonyl (C=O) groups is 1. The van der Waals surface area contributed by atoms with Crippen molar-refractivity contribution in [2.75, 3.05) is 13.7 Å². The molecular formula is C11H18O3. The number of carboxylic acid groups (broad SMARTS) is 1. The summed E-state index contributed by atoms with van der Waals surface area (Å²) in [7, 11) is 1.65. The van der Waals surface area contributed by atoms with Gasteiger partial charge in [0.05, 0.1) is 6.61 Å². The maximum atomic E-state index is 10.4. The van der Waals surface area contributed by atoms with Crippen LogP contribution in [0.25, 0.3) is 0 Å². The molecule has 0 aliphatic carbocycles. The Morgan fingerprint density at radius 2 is 2.00 bits per heavy atom. The first-order valence-corrected chi connectivity index (χ1v) is 4.62. The zero-order valence-corrected chi connectivity index (χ0v) is 9.04. The Kier molecular flexibility index (Phi) is 6.76. The molecule has 14 heavy (non-hydrogen) atoms. The first-order valence-electron chi connectivity index (χ1n) is 4.62. The van der Waals surface area contributed by atoms with Crippen LogP contribution in [0.5, 0.6) is 0 Å². The maximum absolute atomic E-state index is 10.4.